The van der Waals surface area contributed by atoms with E-state index in [1.54, 1.807) is 43.4 Å². The van der Waals surface area contributed by atoms with E-state index in [9.17, 15) is 14.0 Å². The lowest BCUT2D eigenvalue weighted by molar-refractivity contribution is -0.133. The van der Waals surface area contributed by atoms with E-state index in [0.717, 1.165) is 0 Å². The lowest BCUT2D eigenvalue weighted by atomic mass is 10.1. The monoisotopic (exact) mass is 402 g/mol. The van der Waals surface area contributed by atoms with Crippen molar-refractivity contribution in [1.82, 2.24) is 4.90 Å². The molecule has 0 bridgehead atoms. The molecule has 0 heterocycles. The van der Waals surface area contributed by atoms with Gasteiger partial charge in [0.2, 0.25) is 11.8 Å². The molecule has 2 amide bonds. The molecule has 0 aromatic heterocycles. The number of carbonyl (C=O) groups is 2. The van der Waals surface area contributed by atoms with E-state index in [1.165, 1.54) is 11.0 Å². The molecular weight excluding hydrogens is 375 g/mol. The Morgan fingerprint density at radius 3 is 2.41 bits per heavy atom. The summed E-state index contributed by atoms with van der Waals surface area (Å²) in [5.74, 6) is 0.249. The molecule has 2 aromatic carbocycles. The van der Waals surface area contributed by atoms with E-state index < -0.39 is 0 Å². The second-order valence-electron chi connectivity index (χ2n) is 6.42. The number of hydrogen-bond acceptors (Lipinski definition) is 4. The van der Waals surface area contributed by atoms with Gasteiger partial charge in [-0.25, -0.2) is 4.39 Å². The zero-order chi connectivity index (χ0) is 21.2. The summed E-state index contributed by atoms with van der Waals surface area (Å²) in [4.78, 5) is 25.9. The molecule has 0 atom stereocenters. The van der Waals surface area contributed by atoms with Gasteiger partial charge in [-0.1, -0.05) is 18.2 Å². The molecule has 0 spiro atoms. The maximum absolute atomic E-state index is 13.6. The molecule has 2 rings (SSSR count). The Balaban J connectivity index is 1.89. The third-order valence-corrected chi connectivity index (χ3v) is 4.20. The van der Waals surface area contributed by atoms with E-state index in [2.05, 4.69) is 5.32 Å². The number of benzene rings is 2. The second-order valence-corrected chi connectivity index (χ2v) is 6.42. The number of aryl methyl sites for hydroxylation is 1. The van der Waals surface area contributed by atoms with Gasteiger partial charge in [-0.05, 0) is 44.0 Å². The summed E-state index contributed by atoms with van der Waals surface area (Å²) in [6.07, 6.45) is 0.413. The normalized spacial score (nSPS) is 10.3. The minimum Gasteiger partial charge on any atom is -0.490 e. The molecule has 0 saturated heterocycles. The third-order valence-electron chi connectivity index (χ3n) is 4.20. The van der Waals surface area contributed by atoms with Crippen LogP contribution in [0.3, 0.4) is 0 Å². The second kappa shape index (κ2) is 11.0. The van der Waals surface area contributed by atoms with Crippen LogP contribution in [0.25, 0.3) is 0 Å². The quantitative estimate of drug-likeness (QED) is 0.659. The van der Waals surface area contributed by atoms with Gasteiger partial charge < -0.3 is 19.7 Å². The van der Waals surface area contributed by atoms with Gasteiger partial charge in [0, 0.05) is 25.2 Å². The smallest absolute Gasteiger partial charge is 0.243 e. The number of hydrogen-bond donors (Lipinski definition) is 1. The van der Waals surface area contributed by atoms with Crippen molar-refractivity contribution in [2.75, 3.05) is 32.1 Å². The molecule has 0 aliphatic heterocycles. The minimum absolute atomic E-state index is 0.104. The molecule has 6 nitrogen and oxygen atoms in total. The van der Waals surface area contributed by atoms with Gasteiger partial charge in [0.15, 0.2) is 11.5 Å². The Morgan fingerprint density at radius 1 is 1.03 bits per heavy atom. The van der Waals surface area contributed by atoms with E-state index in [0.29, 0.717) is 36.0 Å². The highest BCUT2D eigenvalue weighted by molar-refractivity contribution is 5.94. The maximum atomic E-state index is 13.6. The van der Waals surface area contributed by atoms with Crippen molar-refractivity contribution >= 4 is 17.5 Å². The van der Waals surface area contributed by atoms with Gasteiger partial charge in [-0.15, -0.1) is 0 Å². The predicted octanol–water partition coefficient (Wildman–Crippen LogP) is 3.65. The van der Waals surface area contributed by atoms with Crippen LogP contribution in [-0.2, 0) is 16.0 Å². The van der Waals surface area contributed by atoms with Crippen molar-refractivity contribution < 1.29 is 23.5 Å². The molecule has 0 unspecified atom stereocenters. The van der Waals surface area contributed by atoms with Crippen LogP contribution < -0.4 is 14.8 Å². The topological polar surface area (TPSA) is 67.9 Å². The molecular formula is C22H27FN2O4. The number of nitrogens with one attached hydrogen (secondary N) is 1. The summed E-state index contributed by atoms with van der Waals surface area (Å²) in [6.45, 7) is 4.61. The Morgan fingerprint density at radius 2 is 1.72 bits per heavy atom. The first-order valence-corrected chi connectivity index (χ1v) is 9.61. The van der Waals surface area contributed by atoms with Gasteiger partial charge in [0.1, 0.15) is 5.82 Å². The summed E-state index contributed by atoms with van der Waals surface area (Å²) >= 11 is 0. The number of ether oxygens (including phenoxy) is 2. The third kappa shape index (κ3) is 6.78. The number of carbonyl (C=O) groups excluding carboxylic acids is 2. The molecule has 2 aromatic rings. The van der Waals surface area contributed by atoms with E-state index in [1.807, 2.05) is 13.8 Å². The fourth-order valence-electron chi connectivity index (χ4n) is 2.77. The first-order chi connectivity index (χ1) is 13.9. The van der Waals surface area contributed by atoms with Crippen LogP contribution in [0.1, 0.15) is 25.8 Å². The fraction of sp³-hybridized carbons (Fsp3) is 0.364. The van der Waals surface area contributed by atoms with Crippen molar-refractivity contribution in [2.24, 2.45) is 0 Å². The zero-order valence-corrected chi connectivity index (χ0v) is 17.0. The van der Waals surface area contributed by atoms with E-state index in [4.69, 9.17) is 9.47 Å². The highest BCUT2D eigenvalue weighted by Gasteiger charge is 2.15. The van der Waals surface area contributed by atoms with Crippen LogP contribution >= 0.6 is 0 Å². The minimum atomic E-state index is -0.335. The van der Waals surface area contributed by atoms with Crippen LogP contribution in [-0.4, -0.2) is 43.5 Å². The van der Waals surface area contributed by atoms with E-state index >= 15 is 0 Å². The number of nitrogens with zero attached hydrogens (tertiary/aromatic N) is 1. The van der Waals surface area contributed by atoms with Crippen LogP contribution in [0.5, 0.6) is 11.5 Å². The van der Waals surface area contributed by atoms with Crippen molar-refractivity contribution in [2.45, 2.75) is 26.7 Å². The van der Waals surface area contributed by atoms with Gasteiger partial charge in [0.25, 0.3) is 0 Å². The van der Waals surface area contributed by atoms with Gasteiger partial charge in [0.05, 0.1) is 19.8 Å². The van der Waals surface area contributed by atoms with Crippen LogP contribution in [0.15, 0.2) is 42.5 Å². The lowest BCUT2D eigenvalue weighted by Crippen LogP contribution is -2.35. The average molecular weight is 402 g/mol. The molecule has 7 heteroatoms. The summed E-state index contributed by atoms with van der Waals surface area (Å²) in [7, 11) is 1.55. The maximum Gasteiger partial charge on any atom is 0.243 e. The van der Waals surface area contributed by atoms with Crippen molar-refractivity contribution in [3.8, 4) is 11.5 Å². The molecule has 0 fully saturated rings. The number of halogens is 1. The van der Waals surface area contributed by atoms with E-state index in [-0.39, 0.29) is 37.0 Å². The summed E-state index contributed by atoms with van der Waals surface area (Å²) in [5.41, 5.74) is 1.03. The number of amides is 2. The van der Waals surface area contributed by atoms with Crippen molar-refractivity contribution in [3.63, 3.8) is 0 Å². The van der Waals surface area contributed by atoms with Gasteiger partial charge in [-0.3, -0.25) is 9.59 Å². The molecule has 0 aliphatic carbocycles. The molecule has 0 radical (unpaired) electrons. The Bertz CT molecular complexity index is 841. The highest BCUT2D eigenvalue weighted by atomic mass is 19.1. The zero-order valence-electron chi connectivity index (χ0n) is 17.0. The predicted molar refractivity (Wildman–Crippen MR) is 110 cm³/mol. The van der Waals surface area contributed by atoms with Crippen LogP contribution in [0.4, 0.5) is 10.1 Å². The van der Waals surface area contributed by atoms with Crippen molar-refractivity contribution in [1.29, 1.82) is 0 Å². The summed E-state index contributed by atoms with van der Waals surface area (Å²) in [6, 6.07) is 11.5. The lowest BCUT2D eigenvalue weighted by Gasteiger charge is -2.17. The fourth-order valence-corrected chi connectivity index (χ4v) is 2.77. The van der Waals surface area contributed by atoms with Gasteiger partial charge in [-0.2, -0.15) is 0 Å². The Kier molecular flexibility index (Phi) is 8.45. The summed E-state index contributed by atoms with van der Waals surface area (Å²) in [5, 5.41) is 2.75. The number of rotatable bonds is 10. The largest absolute Gasteiger partial charge is 0.490 e. The van der Waals surface area contributed by atoms with Crippen LogP contribution in [0.2, 0.25) is 0 Å². The number of likely N-dealkylation sites (N-methyl/N-ethyl adjacent to an activating group) is 1. The van der Waals surface area contributed by atoms with Crippen LogP contribution in [0, 0.1) is 5.82 Å². The Labute approximate surface area is 170 Å². The first-order valence-electron chi connectivity index (χ1n) is 9.61. The van der Waals surface area contributed by atoms with Crippen molar-refractivity contribution in [3.05, 3.63) is 53.8 Å². The number of anilines is 1. The molecule has 1 N–H and O–H groups in total. The standard InChI is InChI=1S/C22H27FN2O4/c1-4-28-19-12-11-17(14-20(19)29-5-2)24-21(26)15-25(3)22(27)13-10-16-8-6-7-9-18(16)23/h6-9,11-12,14H,4-5,10,13,15H2,1-3H3,(H,24,26). The first kappa shape index (κ1) is 22.2. The summed E-state index contributed by atoms with van der Waals surface area (Å²) < 4.78 is 24.7. The molecule has 156 valence electrons. The van der Waals surface area contributed by atoms with Gasteiger partial charge >= 0.3 is 0 Å². The Hall–Kier alpha value is -3.09. The molecule has 0 saturated carbocycles. The molecule has 29 heavy (non-hydrogen) atoms. The SMILES string of the molecule is CCOc1ccc(NC(=O)CN(C)C(=O)CCc2ccccc2F)cc1OCC. The highest BCUT2D eigenvalue weighted by Crippen LogP contribution is 2.30. The molecule has 0 aliphatic rings. The average Bonchev–Trinajstić information content (AvgIpc) is 2.69.